The van der Waals surface area contributed by atoms with Crippen LogP contribution in [0.15, 0.2) is 73.3 Å². The van der Waals surface area contributed by atoms with Crippen LogP contribution >= 0.6 is 0 Å². The molecule has 0 atom stereocenters. The molecule has 2 aliphatic heterocycles. The van der Waals surface area contributed by atoms with E-state index >= 15 is 0 Å². The standard InChI is InChI=1S/C31H30N12O/c44-29(27-25-21(36-38-27)5-1-7-23(25)40-13-17-42(18-14-40)30-32-9-3-10-33-30)28-26-22(37-39-28)6-2-8-24(26)41-15-19-43(20-16-41)31-34-11-4-12-35-31/h1-12H,13-20H2,(H,36,38)(H,37,39). The Hall–Kier alpha value is -5.59. The van der Waals surface area contributed by atoms with Crippen LogP contribution in [0.25, 0.3) is 21.8 Å². The van der Waals surface area contributed by atoms with E-state index in [4.69, 9.17) is 0 Å². The molecule has 2 aromatic carbocycles. The van der Waals surface area contributed by atoms with Gasteiger partial charge in [-0.15, -0.1) is 0 Å². The van der Waals surface area contributed by atoms with E-state index in [0.717, 1.165) is 97.4 Å². The van der Waals surface area contributed by atoms with E-state index < -0.39 is 0 Å². The van der Waals surface area contributed by atoms with Crippen molar-refractivity contribution in [1.82, 2.24) is 40.3 Å². The van der Waals surface area contributed by atoms with Gasteiger partial charge in [0.2, 0.25) is 17.7 Å². The molecule has 220 valence electrons. The lowest BCUT2D eigenvalue weighted by molar-refractivity contribution is 0.103. The summed E-state index contributed by atoms with van der Waals surface area (Å²) in [7, 11) is 0. The number of nitrogens with zero attached hydrogens (tertiary/aromatic N) is 10. The van der Waals surface area contributed by atoms with Gasteiger partial charge < -0.3 is 19.6 Å². The average molecular weight is 587 g/mol. The normalized spacial score (nSPS) is 15.8. The predicted octanol–water partition coefficient (Wildman–Crippen LogP) is 2.90. The minimum absolute atomic E-state index is 0.213. The van der Waals surface area contributed by atoms with Crippen LogP contribution in [0.3, 0.4) is 0 Å². The second kappa shape index (κ2) is 10.9. The van der Waals surface area contributed by atoms with Crippen LogP contribution in [-0.4, -0.2) is 98.5 Å². The molecular formula is C31H30N12O. The van der Waals surface area contributed by atoms with Crippen LogP contribution in [0, 0.1) is 0 Å². The highest BCUT2D eigenvalue weighted by molar-refractivity contribution is 6.22. The molecule has 4 aromatic heterocycles. The summed E-state index contributed by atoms with van der Waals surface area (Å²) in [4.78, 5) is 40.9. The lowest BCUT2D eigenvalue weighted by Gasteiger charge is -2.36. The van der Waals surface area contributed by atoms with Crippen molar-refractivity contribution in [3.05, 3.63) is 84.7 Å². The average Bonchev–Trinajstić information content (AvgIpc) is 3.74. The highest BCUT2D eigenvalue weighted by Gasteiger charge is 2.29. The van der Waals surface area contributed by atoms with Gasteiger partial charge in [0.15, 0.2) is 0 Å². The quantitative estimate of drug-likeness (QED) is 0.279. The summed E-state index contributed by atoms with van der Waals surface area (Å²) in [5.74, 6) is 1.26. The van der Waals surface area contributed by atoms with Crippen LogP contribution in [0.4, 0.5) is 23.3 Å². The van der Waals surface area contributed by atoms with Gasteiger partial charge in [-0.05, 0) is 36.4 Å². The van der Waals surface area contributed by atoms with E-state index in [9.17, 15) is 4.79 Å². The minimum atomic E-state index is -0.213. The number of aromatic amines is 2. The van der Waals surface area contributed by atoms with E-state index in [1.54, 1.807) is 24.8 Å². The first-order chi connectivity index (χ1) is 21.7. The van der Waals surface area contributed by atoms with E-state index in [-0.39, 0.29) is 5.78 Å². The van der Waals surface area contributed by atoms with Crippen molar-refractivity contribution in [3.63, 3.8) is 0 Å². The predicted molar refractivity (Wildman–Crippen MR) is 169 cm³/mol. The second-order valence-corrected chi connectivity index (χ2v) is 10.9. The van der Waals surface area contributed by atoms with Gasteiger partial charge in [0.25, 0.3) is 0 Å². The maximum Gasteiger partial charge on any atom is 0.234 e. The number of nitrogens with one attached hydrogen (secondary N) is 2. The number of benzene rings is 2. The smallest absolute Gasteiger partial charge is 0.234 e. The molecule has 0 amide bonds. The number of aromatic nitrogens is 8. The maximum atomic E-state index is 14.3. The van der Waals surface area contributed by atoms with Gasteiger partial charge in [0.05, 0.1) is 21.8 Å². The Kier molecular flexibility index (Phi) is 6.47. The highest BCUT2D eigenvalue weighted by atomic mass is 16.1. The fourth-order valence-corrected chi connectivity index (χ4v) is 6.28. The molecule has 44 heavy (non-hydrogen) atoms. The van der Waals surface area contributed by atoms with Gasteiger partial charge in [0, 0.05) is 88.5 Å². The van der Waals surface area contributed by atoms with Gasteiger partial charge in [-0.2, -0.15) is 10.2 Å². The molecule has 8 rings (SSSR count). The van der Waals surface area contributed by atoms with Crippen LogP contribution in [0.2, 0.25) is 0 Å². The molecule has 2 aliphatic rings. The number of piperazine rings is 2. The van der Waals surface area contributed by atoms with Crippen molar-refractivity contribution in [2.45, 2.75) is 0 Å². The Balaban J connectivity index is 1.09. The van der Waals surface area contributed by atoms with Gasteiger partial charge in [-0.25, -0.2) is 19.9 Å². The molecule has 0 unspecified atom stereocenters. The molecule has 13 nitrogen and oxygen atoms in total. The third-order valence-corrected chi connectivity index (χ3v) is 8.48. The molecule has 0 bridgehead atoms. The Morgan fingerprint density at radius 1 is 0.523 bits per heavy atom. The van der Waals surface area contributed by atoms with E-state index in [0.29, 0.717) is 11.4 Å². The van der Waals surface area contributed by atoms with Gasteiger partial charge in [-0.1, -0.05) is 12.1 Å². The van der Waals surface area contributed by atoms with Gasteiger partial charge in [0.1, 0.15) is 11.4 Å². The van der Waals surface area contributed by atoms with Crippen molar-refractivity contribution in [2.75, 3.05) is 72.0 Å². The highest BCUT2D eigenvalue weighted by Crippen LogP contribution is 2.34. The number of carbonyl (C=O) groups excluding carboxylic acids is 1. The number of ketones is 1. The van der Waals surface area contributed by atoms with E-state index in [1.807, 2.05) is 36.4 Å². The molecule has 2 N–H and O–H groups in total. The lowest BCUT2D eigenvalue weighted by atomic mass is 10.0. The molecule has 0 spiro atoms. The second-order valence-electron chi connectivity index (χ2n) is 10.9. The van der Waals surface area contributed by atoms with Crippen molar-refractivity contribution in [1.29, 1.82) is 0 Å². The Morgan fingerprint density at radius 2 is 0.909 bits per heavy atom. The Morgan fingerprint density at radius 3 is 1.32 bits per heavy atom. The Bertz CT molecular complexity index is 1780. The van der Waals surface area contributed by atoms with Crippen LogP contribution < -0.4 is 19.6 Å². The van der Waals surface area contributed by atoms with Crippen LogP contribution in [0.1, 0.15) is 16.2 Å². The molecular weight excluding hydrogens is 556 g/mol. The maximum absolute atomic E-state index is 14.3. The number of anilines is 4. The summed E-state index contributed by atoms with van der Waals surface area (Å²) in [5.41, 5.74) is 4.34. The van der Waals surface area contributed by atoms with Crippen LogP contribution in [-0.2, 0) is 0 Å². The molecule has 2 fully saturated rings. The number of hydrogen-bond donors (Lipinski definition) is 2. The van der Waals surface area contributed by atoms with Crippen molar-refractivity contribution in [3.8, 4) is 0 Å². The fraction of sp³-hybridized carbons (Fsp3) is 0.258. The third kappa shape index (κ3) is 4.53. The summed E-state index contributed by atoms with van der Waals surface area (Å²) in [6.45, 7) is 6.18. The first-order valence-electron chi connectivity index (χ1n) is 14.8. The van der Waals surface area contributed by atoms with Crippen molar-refractivity contribution in [2.24, 2.45) is 0 Å². The van der Waals surface area contributed by atoms with E-state index in [2.05, 4.69) is 72.1 Å². The molecule has 2 saturated heterocycles. The largest absolute Gasteiger partial charge is 0.367 e. The fourth-order valence-electron chi connectivity index (χ4n) is 6.28. The number of H-pyrrole nitrogens is 2. The molecule has 0 aliphatic carbocycles. The molecule has 0 saturated carbocycles. The van der Waals surface area contributed by atoms with E-state index in [1.165, 1.54) is 0 Å². The van der Waals surface area contributed by atoms with Gasteiger partial charge in [-0.3, -0.25) is 15.0 Å². The zero-order valence-electron chi connectivity index (χ0n) is 24.0. The topological polar surface area (TPSA) is 139 Å². The van der Waals surface area contributed by atoms with Gasteiger partial charge >= 0.3 is 0 Å². The third-order valence-electron chi connectivity index (χ3n) is 8.48. The zero-order chi connectivity index (χ0) is 29.5. The molecule has 0 radical (unpaired) electrons. The molecule has 13 heteroatoms. The minimum Gasteiger partial charge on any atom is -0.367 e. The number of rotatable bonds is 6. The number of hydrogen-bond acceptors (Lipinski definition) is 11. The summed E-state index contributed by atoms with van der Waals surface area (Å²) < 4.78 is 0. The monoisotopic (exact) mass is 586 g/mol. The van der Waals surface area contributed by atoms with Crippen molar-refractivity contribution < 1.29 is 4.79 Å². The van der Waals surface area contributed by atoms with Crippen LogP contribution in [0.5, 0.6) is 0 Å². The lowest BCUT2D eigenvalue weighted by Crippen LogP contribution is -2.47. The summed E-state index contributed by atoms with van der Waals surface area (Å²) in [6, 6.07) is 15.7. The zero-order valence-corrected chi connectivity index (χ0v) is 24.0. The van der Waals surface area contributed by atoms with Crippen molar-refractivity contribution >= 4 is 50.9 Å². The number of carbonyl (C=O) groups is 1. The summed E-state index contributed by atoms with van der Waals surface area (Å²) in [5, 5.41) is 16.9. The summed E-state index contributed by atoms with van der Waals surface area (Å²) in [6.07, 6.45) is 7.07. The Labute approximate surface area is 252 Å². The first-order valence-corrected chi connectivity index (χ1v) is 14.8. The summed E-state index contributed by atoms with van der Waals surface area (Å²) >= 11 is 0. The molecule has 6 aromatic rings. The molecule has 6 heterocycles. The first kappa shape index (κ1) is 26.1. The SMILES string of the molecule is O=C(c1n[nH]c2cccc(N3CCN(c4ncccn4)CC3)c12)c1n[nH]c2cccc(N3CCN(c4ncccn4)CC3)c12. The number of fused-ring (bicyclic) bond motifs is 2.